The summed E-state index contributed by atoms with van der Waals surface area (Å²) < 4.78 is 27.1. The molecule has 3 rings (SSSR count). The summed E-state index contributed by atoms with van der Waals surface area (Å²) in [6.07, 6.45) is 6.15. The highest BCUT2D eigenvalue weighted by molar-refractivity contribution is 7.90. The molecular weight excluding hydrogens is 362 g/mol. The number of rotatable bonds is 6. The third kappa shape index (κ3) is 4.46. The zero-order valence-electron chi connectivity index (χ0n) is 16.8. The standard InChI is InChI=1S/C20H31N3O3S/c1-13(2)23(4)14(3)12-27(25,26)22-20(24)21-19-17-9-5-7-15(17)11-16-8-6-10-18(16)19/h11,13-14H,5-10,12H2,1-4H3,(H2,21,22,24). The molecule has 7 heteroatoms. The lowest BCUT2D eigenvalue weighted by molar-refractivity contribution is 0.223. The van der Waals surface area contributed by atoms with Gasteiger partial charge in [0.1, 0.15) is 0 Å². The van der Waals surface area contributed by atoms with Crippen molar-refractivity contribution in [3.8, 4) is 0 Å². The van der Waals surface area contributed by atoms with Crippen molar-refractivity contribution in [1.29, 1.82) is 0 Å². The van der Waals surface area contributed by atoms with Gasteiger partial charge in [-0.05, 0) is 88.6 Å². The van der Waals surface area contributed by atoms with Crippen LogP contribution >= 0.6 is 0 Å². The largest absolute Gasteiger partial charge is 0.332 e. The predicted molar refractivity (Wildman–Crippen MR) is 109 cm³/mol. The summed E-state index contributed by atoms with van der Waals surface area (Å²) in [5.41, 5.74) is 5.85. The molecule has 2 aliphatic carbocycles. The second-order valence-corrected chi connectivity index (χ2v) is 9.95. The monoisotopic (exact) mass is 393 g/mol. The maximum atomic E-state index is 12.5. The highest BCUT2D eigenvalue weighted by Crippen LogP contribution is 2.38. The average molecular weight is 394 g/mol. The molecule has 0 radical (unpaired) electrons. The van der Waals surface area contributed by atoms with E-state index in [2.05, 4.69) is 16.1 Å². The molecule has 2 aliphatic rings. The van der Waals surface area contributed by atoms with Gasteiger partial charge in [-0.1, -0.05) is 6.07 Å². The minimum Gasteiger partial charge on any atom is -0.307 e. The van der Waals surface area contributed by atoms with E-state index in [1.807, 2.05) is 32.7 Å². The van der Waals surface area contributed by atoms with Crippen molar-refractivity contribution in [2.24, 2.45) is 0 Å². The summed E-state index contributed by atoms with van der Waals surface area (Å²) in [4.78, 5) is 14.5. The number of nitrogens with one attached hydrogen (secondary N) is 2. The Morgan fingerprint density at radius 1 is 1.07 bits per heavy atom. The summed E-state index contributed by atoms with van der Waals surface area (Å²) in [5.74, 6) is -0.111. The molecule has 1 unspecified atom stereocenters. The van der Waals surface area contributed by atoms with Crippen LogP contribution in [0.4, 0.5) is 10.5 Å². The molecule has 0 aliphatic heterocycles. The molecule has 6 nitrogen and oxygen atoms in total. The van der Waals surface area contributed by atoms with Crippen LogP contribution in [-0.4, -0.2) is 44.2 Å². The molecule has 27 heavy (non-hydrogen) atoms. The number of nitrogens with zero attached hydrogens (tertiary/aromatic N) is 1. The Labute approximate surface area is 162 Å². The Morgan fingerprint density at radius 2 is 1.63 bits per heavy atom. The first kappa shape index (κ1) is 20.1. The zero-order chi connectivity index (χ0) is 19.8. The predicted octanol–water partition coefficient (Wildman–Crippen LogP) is 2.84. The molecule has 2 amide bonds. The minimum absolute atomic E-state index is 0.111. The number of benzene rings is 1. The summed E-state index contributed by atoms with van der Waals surface area (Å²) in [6.45, 7) is 5.88. The molecule has 0 aromatic heterocycles. The molecular formula is C20H31N3O3S. The molecule has 1 aromatic rings. The maximum absolute atomic E-state index is 12.5. The highest BCUT2D eigenvalue weighted by atomic mass is 32.2. The van der Waals surface area contributed by atoms with Crippen LogP contribution in [0.25, 0.3) is 0 Å². The Bertz CT molecular complexity index is 801. The number of carbonyl (C=O) groups is 1. The van der Waals surface area contributed by atoms with E-state index in [0.29, 0.717) is 0 Å². The van der Waals surface area contributed by atoms with Crippen molar-refractivity contribution >= 4 is 21.7 Å². The normalized spacial score (nSPS) is 17.1. The van der Waals surface area contributed by atoms with E-state index in [9.17, 15) is 13.2 Å². The van der Waals surface area contributed by atoms with E-state index in [4.69, 9.17) is 0 Å². The van der Waals surface area contributed by atoms with Gasteiger partial charge in [-0.2, -0.15) is 0 Å². The van der Waals surface area contributed by atoms with E-state index < -0.39 is 16.1 Å². The summed E-state index contributed by atoms with van der Waals surface area (Å²) in [5, 5.41) is 2.88. The van der Waals surface area contributed by atoms with Crippen LogP contribution in [0.3, 0.4) is 0 Å². The van der Waals surface area contributed by atoms with Crippen molar-refractivity contribution in [1.82, 2.24) is 9.62 Å². The Balaban J connectivity index is 1.72. The number of amides is 2. The van der Waals surface area contributed by atoms with Gasteiger partial charge in [-0.25, -0.2) is 17.9 Å². The fourth-order valence-electron chi connectivity index (χ4n) is 4.23. The zero-order valence-corrected chi connectivity index (χ0v) is 17.6. The number of anilines is 1. The second kappa shape index (κ2) is 7.80. The number of hydrogen-bond donors (Lipinski definition) is 2. The molecule has 2 N–H and O–H groups in total. The van der Waals surface area contributed by atoms with Gasteiger partial charge in [-0.15, -0.1) is 0 Å². The number of hydrogen-bond acceptors (Lipinski definition) is 4. The number of sulfonamides is 1. The number of carbonyl (C=O) groups excluding carboxylic acids is 1. The first-order valence-electron chi connectivity index (χ1n) is 9.88. The lowest BCUT2D eigenvalue weighted by atomic mass is 9.99. The van der Waals surface area contributed by atoms with E-state index in [1.54, 1.807) is 0 Å². The second-order valence-electron chi connectivity index (χ2n) is 8.18. The molecule has 1 aromatic carbocycles. The smallest absolute Gasteiger partial charge is 0.307 e. The first-order valence-corrected chi connectivity index (χ1v) is 11.5. The molecule has 0 bridgehead atoms. The van der Waals surface area contributed by atoms with Crippen LogP contribution < -0.4 is 10.0 Å². The molecule has 0 heterocycles. The highest BCUT2D eigenvalue weighted by Gasteiger charge is 2.27. The van der Waals surface area contributed by atoms with Crippen molar-refractivity contribution in [3.63, 3.8) is 0 Å². The number of aryl methyl sites for hydroxylation is 2. The number of urea groups is 1. The third-order valence-electron chi connectivity index (χ3n) is 5.93. The van der Waals surface area contributed by atoms with Gasteiger partial charge >= 0.3 is 6.03 Å². The van der Waals surface area contributed by atoms with E-state index >= 15 is 0 Å². The van der Waals surface area contributed by atoms with E-state index in [-0.39, 0.29) is 17.8 Å². The SMILES string of the molecule is CC(C)N(C)C(C)CS(=O)(=O)NC(=O)Nc1c2c(cc3c1CCC3)CCC2. The Morgan fingerprint density at radius 3 is 2.15 bits per heavy atom. The van der Waals surface area contributed by atoms with Crippen LogP contribution in [-0.2, 0) is 35.7 Å². The van der Waals surface area contributed by atoms with E-state index in [0.717, 1.165) is 44.2 Å². The molecule has 1 atom stereocenters. The average Bonchev–Trinajstić information content (AvgIpc) is 3.21. The maximum Gasteiger partial charge on any atom is 0.332 e. The van der Waals surface area contributed by atoms with Crippen molar-refractivity contribution in [2.75, 3.05) is 18.1 Å². The van der Waals surface area contributed by atoms with Gasteiger partial charge < -0.3 is 10.2 Å². The summed E-state index contributed by atoms with van der Waals surface area (Å²) in [7, 11) is -1.82. The van der Waals surface area contributed by atoms with Gasteiger partial charge in [-0.3, -0.25) is 0 Å². The van der Waals surface area contributed by atoms with Gasteiger partial charge in [0.2, 0.25) is 10.0 Å². The van der Waals surface area contributed by atoms with Crippen molar-refractivity contribution in [2.45, 2.75) is 71.4 Å². The van der Waals surface area contributed by atoms with Crippen LogP contribution in [0.1, 0.15) is 55.9 Å². The Kier molecular flexibility index (Phi) is 5.82. The van der Waals surface area contributed by atoms with Gasteiger partial charge in [0.05, 0.1) is 5.75 Å². The van der Waals surface area contributed by atoms with Crippen LogP contribution in [0.2, 0.25) is 0 Å². The molecule has 0 spiro atoms. The fourth-order valence-corrected chi connectivity index (χ4v) is 5.52. The topological polar surface area (TPSA) is 78.5 Å². The Hall–Kier alpha value is -1.60. The summed E-state index contributed by atoms with van der Waals surface area (Å²) >= 11 is 0. The lowest BCUT2D eigenvalue weighted by Gasteiger charge is -2.28. The van der Waals surface area contributed by atoms with Crippen molar-refractivity contribution in [3.05, 3.63) is 28.3 Å². The molecule has 0 saturated carbocycles. The van der Waals surface area contributed by atoms with Crippen molar-refractivity contribution < 1.29 is 13.2 Å². The van der Waals surface area contributed by atoms with Gasteiger partial charge in [0.25, 0.3) is 0 Å². The number of fused-ring (bicyclic) bond motifs is 2. The molecule has 150 valence electrons. The van der Waals surface area contributed by atoms with Crippen LogP contribution in [0, 0.1) is 0 Å². The molecule has 0 saturated heterocycles. The first-order chi connectivity index (χ1) is 12.7. The summed E-state index contributed by atoms with van der Waals surface area (Å²) in [6, 6.07) is 1.69. The van der Waals surface area contributed by atoms with Gasteiger partial charge in [0, 0.05) is 17.8 Å². The third-order valence-corrected chi connectivity index (χ3v) is 7.35. The van der Waals surface area contributed by atoms with Crippen LogP contribution in [0.15, 0.2) is 6.07 Å². The van der Waals surface area contributed by atoms with E-state index in [1.165, 1.54) is 22.3 Å². The quantitative estimate of drug-likeness (QED) is 0.779. The van der Waals surface area contributed by atoms with Crippen LogP contribution in [0.5, 0.6) is 0 Å². The minimum atomic E-state index is -3.71. The lowest BCUT2D eigenvalue weighted by Crippen LogP contribution is -2.44. The van der Waals surface area contributed by atoms with Gasteiger partial charge in [0.15, 0.2) is 0 Å². The molecule has 0 fully saturated rings. The fraction of sp³-hybridized carbons (Fsp3) is 0.650.